The maximum Gasteiger partial charge on any atom is 0.141 e. The predicted octanol–water partition coefficient (Wildman–Crippen LogP) is 4.63. The van der Waals surface area contributed by atoms with E-state index in [9.17, 15) is 0 Å². The highest BCUT2D eigenvalue weighted by molar-refractivity contribution is 5.58. The summed E-state index contributed by atoms with van der Waals surface area (Å²) in [5.41, 5.74) is 2.43. The van der Waals surface area contributed by atoms with Crippen LogP contribution in [0.4, 0.5) is 5.69 Å². The summed E-state index contributed by atoms with van der Waals surface area (Å²) >= 11 is 0. The Balaban J connectivity index is 2.16. The van der Waals surface area contributed by atoms with Crippen molar-refractivity contribution in [1.82, 2.24) is 0 Å². The Kier molecular flexibility index (Phi) is 4.73. The summed E-state index contributed by atoms with van der Waals surface area (Å²) in [6.07, 6.45) is 5.35. The molecular weight excluding hydrogens is 234 g/mol. The normalized spacial score (nSPS) is 23.4. The molecule has 0 aromatic heterocycles. The van der Waals surface area contributed by atoms with E-state index in [1.54, 1.807) is 7.11 Å². The highest BCUT2D eigenvalue weighted by atomic mass is 16.5. The second-order valence-corrected chi connectivity index (χ2v) is 6.15. The van der Waals surface area contributed by atoms with E-state index in [4.69, 9.17) is 4.74 Å². The van der Waals surface area contributed by atoms with Gasteiger partial charge in [0.05, 0.1) is 12.8 Å². The molecule has 19 heavy (non-hydrogen) atoms. The van der Waals surface area contributed by atoms with E-state index in [0.717, 1.165) is 23.3 Å². The van der Waals surface area contributed by atoms with Gasteiger partial charge in [0.2, 0.25) is 0 Å². The minimum absolute atomic E-state index is 0.587. The first-order chi connectivity index (χ1) is 9.11. The molecule has 1 N–H and O–H groups in total. The molecule has 1 aromatic carbocycles. The Morgan fingerprint density at radius 3 is 2.63 bits per heavy atom. The average Bonchev–Trinajstić information content (AvgIpc) is 2.39. The number of anilines is 1. The molecule has 1 aromatic rings. The number of hydrogen-bond donors (Lipinski definition) is 1. The second-order valence-electron chi connectivity index (χ2n) is 6.15. The molecule has 1 aliphatic carbocycles. The molecule has 0 aliphatic heterocycles. The molecule has 0 spiro atoms. The van der Waals surface area contributed by atoms with Gasteiger partial charge >= 0.3 is 0 Å². The highest BCUT2D eigenvalue weighted by Crippen LogP contribution is 2.34. The minimum Gasteiger partial charge on any atom is -0.495 e. The van der Waals surface area contributed by atoms with E-state index in [-0.39, 0.29) is 0 Å². The largest absolute Gasteiger partial charge is 0.495 e. The van der Waals surface area contributed by atoms with Crippen LogP contribution in [0.3, 0.4) is 0 Å². The molecule has 2 nitrogen and oxygen atoms in total. The highest BCUT2D eigenvalue weighted by Gasteiger charge is 2.27. The molecule has 1 fully saturated rings. The Morgan fingerprint density at radius 2 is 1.95 bits per heavy atom. The lowest BCUT2D eigenvalue weighted by atomic mass is 9.77. The van der Waals surface area contributed by atoms with E-state index >= 15 is 0 Å². The van der Waals surface area contributed by atoms with Crippen molar-refractivity contribution in [3.63, 3.8) is 0 Å². The molecule has 0 amide bonds. The van der Waals surface area contributed by atoms with Crippen LogP contribution in [0.25, 0.3) is 0 Å². The fourth-order valence-corrected chi connectivity index (χ4v) is 3.27. The smallest absolute Gasteiger partial charge is 0.141 e. The van der Waals surface area contributed by atoms with Crippen LogP contribution < -0.4 is 10.1 Å². The fourth-order valence-electron chi connectivity index (χ4n) is 3.27. The Morgan fingerprint density at radius 1 is 1.21 bits per heavy atom. The quantitative estimate of drug-likeness (QED) is 0.853. The van der Waals surface area contributed by atoms with Gasteiger partial charge in [-0.05, 0) is 49.3 Å². The monoisotopic (exact) mass is 261 g/mol. The molecule has 1 aliphatic rings. The molecule has 0 saturated heterocycles. The molecular formula is C17H27NO. The first kappa shape index (κ1) is 14.2. The van der Waals surface area contributed by atoms with Crippen molar-refractivity contribution in [3.8, 4) is 5.75 Å². The summed E-state index contributed by atoms with van der Waals surface area (Å²) in [6.45, 7) is 6.82. The first-order valence-corrected chi connectivity index (χ1v) is 7.53. The van der Waals surface area contributed by atoms with Crippen molar-refractivity contribution in [3.05, 3.63) is 23.8 Å². The van der Waals surface area contributed by atoms with Gasteiger partial charge in [-0.15, -0.1) is 0 Å². The number of ether oxygens (including phenoxy) is 1. The van der Waals surface area contributed by atoms with E-state index in [1.807, 2.05) is 0 Å². The fraction of sp³-hybridized carbons (Fsp3) is 0.647. The van der Waals surface area contributed by atoms with Gasteiger partial charge in [-0.1, -0.05) is 32.8 Å². The van der Waals surface area contributed by atoms with Crippen LogP contribution in [0.5, 0.6) is 5.75 Å². The second kappa shape index (κ2) is 6.31. The van der Waals surface area contributed by atoms with E-state index < -0.39 is 0 Å². The number of aryl methyl sites for hydroxylation is 1. The molecule has 2 rings (SSSR count). The molecule has 2 unspecified atom stereocenters. The van der Waals surface area contributed by atoms with Crippen molar-refractivity contribution in [2.75, 3.05) is 12.4 Å². The third kappa shape index (κ3) is 3.43. The van der Waals surface area contributed by atoms with Gasteiger partial charge in [0, 0.05) is 6.04 Å². The van der Waals surface area contributed by atoms with Gasteiger partial charge in [0.25, 0.3) is 0 Å². The number of rotatable bonds is 4. The van der Waals surface area contributed by atoms with Crippen LogP contribution in [-0.2, 0) is 0 Å². The maximum atomic E-state index is 5.48. The van der Waals surface area contributed by atoms with Crippen LogP contribution in [0.1, 0.15) is 45.1 Å². The predicted molar refractivity (Wildman–Crippen MR) is 81.9 cm³/mol. The lowest BCUT2D eigenvalue weighted by molar-refractivity contribution is 0.253. The first-order valence-electron chi connectivity index (χ1n) is 7.53. The molecule has 2 heteroatoms. The molecule has 1 saturated carbocycles. The van der Waals surface area contributed by atoms with Crippen molar-refractivity contribution in [2.45, 2.75) is 52.5 Å². The van der Waals surface area contributed by atoms with Crippen molar-refractivity contribution < 1.29 is 4.74 Å². The van der Waals surface area contributed by atoms with E-state index in [1.165, 1.54) is 31.2 Å². The number of nitrogens with one attached hydrogen (secondary N) is 1. The average molecular weight is 261 g/mol. The third-order valence-corrected chi connectivity index (χ3v) is 4.37. The van der Waals surface area contributed by atoms with Crippen LogP contribution in [0.15, 0.2) is 18.2 Å². The Labute approximate surface area is 117 Å². The van der Waals surface area contributed by atoms with Crippen molar-refractivity contribution in [1.29, 1.82) is 0 Å². The maximum absolute atomic E-state index is 5.48. The lowest BCUT2D eigenvalue weighted by Gasteiger charge is -2.36. The summed E-state index contributed by atoms with van der Waals surface area (Å²) < 4.78 is 5.48. The SMILES string of the molecule is COc1ccc(C)cc1NC1CCCCC1C(C)C. The summed E-state index contributed by atoms with van der Waals surface area (Å²) in [4.78, 5) is 0. The van der Waals surface area contributed by atoms with Gasteiger partial charge in [-0.25, -0.2) is 0 Å². The Bertz CT molecular complexity index is 414. The van der Waals surface area contributed by atoms with Gasteiger partial charge in [-0.2, -0.15) is 0 Å². The van der Waals surface area contributed by atoms with Gasteiger partial charge in [0.1, 0.15) is 5.75 Å². The number of methoxy groups -OCH3 is 1. The molecule has 0 radical (unpaired) electrons. The molecule has 2 atom stereocenters. The van der Waals surface area contributed by atoms with Crippen LogP contribution in [-0.4, -0.2) is 13.2 Å². The summed E-state index contributed by atoms with van der Waals surface area (Å²) in [5.74, 6) is 2.48. The zero-order valence-corrected chi connectivity index (χ0v) is 12.7. The topological polar surface area (TPSA) is 21.3 Å². The summed E-state index contributed by atoms with van der Waals surface area (Å²) in [6, 6.07) is 6.95. The van der Waals surface area contributed by atoms with Gasteiger partial charge < -0.3 is 10.1 Å². The number of hydrogen-bond acceptors (Lipinski definition) is 2. The van der Waals surface area contributed by atoms with Gasteiger partial charge in [-0.3, -0.25) is 0 Å². The van der Waals surface area contributed by atoms with E-state index in [2.05, 4.69) is 44.3 Å². The summed E-state index contributed by atoms with van der Waals surface area (Å²) in [7, 11) is 1.75. The van der Waals surface area contributed by atoms with Crippen LogP contribution in [0.2, 0.25) is 0 Å². The van der Waals surface area contributed by atoms with Crippen molar-refractivity contribution >= 4 is 5.69 Å². The zero-order valence-electron chi connectivity index (χ0n) is 12.7. The molecule has 0 bridgehead atoms. The lowest BCUT2D eigenvalue weighted by Crippen LogP contribution is -2.35. The Hall–Kier alpha value is -1.18. The van der Waals surface area contributed by atoms with Gasteiger partial charge in [0.15, 0.2) is 0 Å². The minimum atomic E-state index is 0.587. The van der Waals surface area contributed by atoms with Crippen LogP contribution in [0, 0.1) is 18.8 Å². The number of benzene rings is 1. The van der Waals surface area contributed by atoms with Crippen molar-refractivity contribution in [2.24, 2.45) is 11.8 Å². The van der Waals surface area contributed by atoms with E-state index in [0.29, 0.717) is 6.04 Å². The van der Waals surface area contributed by atoms with Crippen LogP contribution >= 0.6 is 0 Å². The summed E-state index contributed by atoms with van der Waals surface area (Å²) in [5, 5.41) is 3.75. The molecule has 106 valence electrons. The molecule has 0 heterocycles. The zero-order chi connectivity index (χ0) is 13.8. The standard InChI is InChI=1S/C17H27NO/c1-12(2)14-7-5-6-8-15(14)18-16-11-13(3)9-10-17(16)19-4/h9-12,14-15,18H,5-8H2,1-4H3. The third-order valence-electron chi connectivity index (χ3n) is 4.37.